The monoisotopic (exact) mass is 193 g/mol. The summed E-state index contributed by atoms with van der Waals surface area (Å²) in [6, 6.07) is 5.01. The Labute approximate surface area is 81.6 Å². The topological polar surface area (TPSA) is 56.7 Å². The summed E-state index contributed by atoms with van der Waals surface area (Å²) in [6.07, 6.45) is 0.788. The molecule has 1 saturated heterocycles. The van der Waals surface area contributed by atoms with Gasteiger partial charge in [0.15, 0.2) is 6.23 Å². The van der Waals surface area contributed by atoms with Gasteiger partial charge in [0.1, 0.15) is 5.82 Å². The zero-order valence-electron chi connectivity index (χ0n) is 7.79. The second kappa shape index (κ2) is 3.26. The number of hydrogen-bond acceptors (Lipinski definition) is 3. The standard InChI is InChI=1S/C9H11N3O2/c1-11-6-8(13)12(9(11)14)7-4-2-3-5-10-7/h2-5,8,13H,6H2,1H3. The van der Waals surface area contributed by atoms with E-state index < -0.39 is 6.23 Å². The Bertz CT molecular complexity index is 341. The van der Waals surface area contributed by atoms with Crippen LogP contribution in [0.3, 0.4) is 0 Å². The van der Waals surface area contributed by atoms with E-state index in [4.69, 9.17) is 0 Å². The first-order valence-corrected chi connectivity index (χ1v) is 4.33. The van der Waals surface area contributed by atoms with Crippen molar-refractivity contribution in [3.8, 4) is 0 Å². The molecule has 1 aliphatic rings. The Morgan fingerprint density at radius 3 is 2.86 bits per heavy atom. The molecule has 0 aromatic carbocycles. The van der Waals surface area contributed by atoms with Crippen LogP contribution in [0, 0.1) is 0 Å². The number of rotatable bonds is 1. The van der Waals surface area contributed by atoms with Crippen molar-refractivity contribution in [2.45, 2.75) is 6.23 Å². The fourth-order valence-electron chi connectivity index (χ4n) is 1.46. The van der Waals surface area contributed by atoms with Crippen LogP contribution in [0.25, 0.3) is 0 Å². The number of aliphatic hydroxyl groups is 1. The molecular weight excluding hydrogens is 182 g/mol. The van der Waals surface area contributed by atoms with Crippen LogP contribution in [0.15, 0.2) is 24.4 Å². The predicted octanol–water partition coefficient (Wildman–Crippen LogP) is 0.272. The molecule has 1 aliphatic heterocycles. The number of carbonyl (C=O) groups is 1. The summed E-state index contributed by atoms with van der Waals surface area (Å²) in [5.74, 6) is 0.481. The normalized spacial score (nSPS) is 21.9. The highest BCUT2D eigenvalue weighted by molar-refractivity contribution is 5.93. The van der Waals surface area contributed by atoms with E-state index in [1.165, 1.54) is 9.80 Å². The van der Waals surface area contributed by atoms with Gasteiger partial charge in [0, 0.05) is 13.2 Å². The van der Waals surface area contributed by atoms with Crippen molar-refractivity contribution in [3.05, 3.63) is 24.4 Å². The van der Waals surface area contributed by atoms with Gasteiger partial charge in [0.2, 0.25) is 0 Å². The lowest BCUT2D eigenvalue weighted by Crippen LogP contribution is -2.34. The molecule has 1 N–H and O–H groups in total. The number of β-amino-alcohol motifs (C(OH)–C–C–N with tert-alkyl or cyclic N) is 1. The van der Waals surface area contributed by atoms with Gasteiger partial charge in [-0.05, 0) is 12.1 Å². The number of hydrogen-bond donors (Lipinski definition) is 1. The smallest absolute Gasteiger partial charge is 0.327 e. The van der Waals surface area contributed by atoms with Gasteiger partial charge >= 0.3 is 6.03 Å². The van der Waals surface area contributed by atoms with Crippen molar-refractivity contribution >= 4 is 11.8 Å². The summed E-state index contributed by atoms with van der Waals surface area (Å²) in [4.78, 5) is 18.3. The summed E-state index contributed by atoms with van der Waals surface area (Å²) in [6.45, 7) is 0.315. The van der Waals surface area contributed by atoms with Crippen LogP contribution in [0.2, 0.25) is 0 Å². The highest BCUT2D eigenvalue weighted by atomic mass is 16.3. The Morgan fingerprint density at radius 2 is 2.36 bits per heavy atom. The van der Waals surface area contributed by atoms with Crippen LogP contribution in [-0.2, 0) is 0 Å². The number of anilines is 1. The average Bonchev–Trinajstić information content (AvgIpc) is 2.43. The third kappa shape index (κ3) is 1.31. The molecule has 1 atom stereocenters. The molecule has 0 bridgehead atoms. The molecule has 0 saturated carbocycles. The quantitative estimate of drug-likeness (QED) is 0.696. The molecule has 1 aromatic heterocycles. The maximum Gasteiger partial charge on any atom is 0.327 e. The molecule has 0 aliphatic carbocycles. The summed E-state index contributed by atoms with van der Waals surface area (Å²) in [5.41, 5.74) is 0. The molecule has 0 radical (unpaired) electrons. The van der Waals surface area contributed by atoms with Gasteiger partial charge < -0.3 is 10.0 Å². The van der Waals surface area contributed by atoms with Gasteiger partial charge in [0.05, 0.1) is 6.54 Å². The summed E-state index contributed by atoms with van der Waals surface area (Å²) in [7, 11) is 1.65. The molecule has 2 amide bonds. The highest BCUT2D eigenvalue weighted by Gasteiger charge is 2.35. The number of nitrogens with zero attached hydrogens (tertiary/aromatic N) is 3. The fraction of sp³-hybridized carbons (Fsp3) is 0.333. The van der Waals surface area contributed by atoms with Crippen molar-refractivity contribution < 1.29 is 9.90 Å². The molecule has 1 unspecified atom stereocenters. The molecule has 2 rings (SSSR count). The maximum atomic E-state index is 11.6. The maximum absolute atomic E-state index is 11.6. The lowest BCUT2D eigenvalue weighted by Gasteiger charge is -2.17. The average molecular weight is 193 g/mol. The molecule has 5 heteroatoms. The van der Waals surface area contributed by atoms with Crippen molar-refractivity contribution in [1.82, 2.24) is 9.88 Å². The van der Waals surface area contributed by atoms with E-state index in [-0.39, 0.29) is 6.03 Å². The number of aromatic nitrogens is 1. The second-order valence-corrected chi connectivity index (χ2v) is 3.20. The van der Waals surface area contributed by atoms with E-state index in [2.05, 4.69) is 4.98 Å². The van der Waals surface area contributed by atoms with Gasteiger partial charge in [-0.1, -0.05) is 6.07 Å². The number of likely N-dealkylation sites (N-methyl/N-ethyl adjacent to an activating group) is 1. The number of aliphatic hydroxyl groups excluding tert-OH is 1. The Morgan fingerprint density at radius 1 is 1.57 bits per heavy atom. The van der Waals surface area contributed by atoms with E-state index in [0.29, 0.717) is 12.4 Å². The van der Waals surface area contributed by atoms with Crippen LogP contribution >= 0.6 is 0 Å². The number of urea groups is 1. The number of amides is 2. The minimum atomic E-state index is -0.803. The molecule has 74 valence electrons. The van der Waals surface area contributed by atoms with Crippen LogP contribution in [-0.4, -0.2) is 40.8 Å². The van der Waals surface area contributed by atoms with E-state index in [1.54, 1.807) is 31.4 Å². The minimum Gasteiger partial charge on any atom is -0.371 e. The van der Waals surface area contributed by atoms with Gasteiger partial charge in [0.25, 0.3) is 0 Å². The Kier molecular flexibility index (Phi) is 2.09. The molecule has 0 spiro atoms. The largest absolute Gasteiger partial charge is 0.371 e. The highest BCUT2D eigenvalue weighted by Crippen LogP contribution is 2.19. The SMILES string of the molecule is CN1CC(O)N(c2ccccn2)C1=O. The first-order valence-electron chi connectivity index (χ1n) is 4.33. The molecule has 5 nitrogen and oxygen atoms in total. The number of pyridine rings is 1. The van der Waals surface area contributed by atoms with E-state index in [9.17, 15) is 9.90 Å². The molecule has 1 aromatic rings. The lowest BCUT2D eigenvalue weighted by molar-refractivity contribution is 0.183. The van der Waals surface area contributed by atoms with Crippen molar-refractivity contribution in [3.63, 3.8) is 0 Å². The third-order valence-corrected chi connectivity index (χ3v) is 2.16. The van der Waals surface area contributed by atoms with Crippen molar-refractivity contribution in [1.29, 1.82) is 0 Å². The van der Waals surface area contributed by atoms with Gasteiger partial charge in [-0.3, -0.25) is 0 Å². The van der Waals surface area contributed by atoms with Crippen molar-refractivity contribution in [2.75, 3.05) is 18.5 Å². The number of carbonyl (C=O) groups excluding carboxylic acids is 1. The third-order valence-electron chi connectivity index (χ3n) is 2.16. The summed E-state index contributed by atoms with van der Waals surface area (Å²) < 4.78 is 0. The molecular formula is C9H11N3O2. The van der Waals surface area contributed by atoms with E-state index in [1.807, 2.05) is 0 Å². The Hall–Kier alpha value is -1.62. The predicted molar refractivity (Wildman–Crippen MR) is 50.7 cm³/mol. The summed E-state index contributed by atoms with van der Waals surface area (Å²) in [5, 5.41) is 9.61. The first-order chi connectivity index (χ1) is 6.70. The van der Waals surface area contributed by atoms with Crippen LogP contribution in [0.5, 0.6) is 0 Å². The van der Waals surface area contributed by atoms with Crippen LogP contribution in [0.1, 0.15) is 0 Å². The molecule has 1 fully saturated rings. The van der Waals surface area contributed by atoms with E-state index in [0.717, 1.165) is 0 Å². The second-order valence-electron chi connectivity index (χ2n) is 3.20. The van der Waals surface area contributed by atoms with Gasteiger partial charge in [-0.15, -0.1) is 0 Å². The van der Waals surface area contributed by atoms with Crippen LogP contribution in [0.4, 0.5) is 10.6 Å². The van der Waals surface area contributed by atoms with Crippen molar-refractivity contribution in [2.24, 2.45) is 0 Å². The molecule has 2 heterocycles. The Balaban J connectivity index is 2.31. The fourth-order valence-corrected chi connectivity index (χ4v) is 1.46. The minimum absolute atomic E-state index is 0.226. The summed E-state index contributed by atoms with van der Waals surface area (Å²) >= 11 is 0. The van der Waals surface area contributed by atoms with E-state index >= 15 is 0 Å². The van der Waals surface area contributed by atoms with Gasteiger partial charge in [-0.2, -0.15) is 0 Å². The first kappa shape index (κ1) is 8.96. The zero-order chi connectivity index (χ0) is 10.1. The zero-order valence-corrected chi connectivity index (χ0v) is 7.79. The van der Waals surface area contributed by atoms with Gasteiger partial charge in [-0.25, -0.2) is 14.7 Å². The molecule has 14 heavy (non-hydrogen) atoms. The van der Waals surface area contributed by atoms with Crippen LogP contribution < -0.4 is 4.90 Å². The lowest BCUT2D eigenvalue weighted by atomic mass is 10.4.